The first-order valence-electron chi connectivity index (χ1n) is 5.62. The molecule has 2 heterocycles. The zero-order chi connectivity index (χ0) is 11.0. The molecule has 0 aliphatic carbocycles. The van der Waals surface area contributed by atoms with E-state index < -0.39 is 0 Å². The number of nitrogens with zero attached hydrogens (tertiary/aromatic N) is 1. The van der Waals surface area contributed by atoms with Crippen molar-refractivity contribution in [1.29, 1.82) is 0 Å². The van der Waals surface area contributed by atoms with E-state index in [1.54, 1.807) is 0 Å². The molecule has 0 saturated carbocycles. The molecule has 3 rings (SSSR count). The molecule has 2 aliphatic rings. The van der Waals surface area contributed by atoms with Gasteiger partial charge in [-0.1, -0.05) is 12.1 Å². The summed E-state index contributed by atoms with van der Waals surface area (Å²) in [5.74, 6) is 1.14. The van der Waals surface area contributed by atoms with Crippen LogP contribution < -0.4 is 4.74 Å². The molecule has 1 aromatic rings. The molecule has 1 saturated heterocycles. The molecule has 16 heavy (non-hydrogen) atoms. The number of carbonyl (C=O) groups is 1. The summed E-state index contributed by atoms with van der Waals surface area (Å²) in [7, 11) is 0. The number of ether oxygens (including phenoxy) is 1. The van der Waals surface area contributed by atoms with Crippen LogP contribution in [-0.2, 0) is 0 Å². The Morgan fingerprint density at radius 2 is 1.94 bits per heavy atom. The molecule has 0 amide bonds. The van der Waals surface area contributed by atoms with Crippen molar-refractivity contribution in [2.75, 3.05) is 13.1 Å². The quantitative estimate of drug-likeness (QED) is 0.672. The summed E-state index contributed by atoms with van der Waals surface area (Å²) in [5, 5.41) is 0. The Morgan fingerprint density at radius 1 is 1.19 bits per heavy atom. The van der Waals surface area contributed by atoms with E-state index in [4.69, 9.17) is 4.74 Å². The fourth-order valence-electron chi connectivity index (χ4n) is 2.16. The third-order valence-electron chi connectivity index (χ3n) is 3.02. The topological polar surface area (TPSA) is 29.5 Å². The molecule has 3 nitrogen and oxygen atoms in total. The van der Waals surface area contributed by atoms with E-state index in [9.17, 15) is 4.79 Å². The second kappa shape index (κ2) is 3.67. The zero-order valence-corrected chi connectivity index (χ0v) is 8.98. The van der Waals surface area contributed by atoms with Crippen LogP contribution in [0.25, 0.3) is 0 Å². The molecule has 0 radical (unpaired) electrons. The second-order valence-corrected chi connectivity index (χ2v) is 4.16. The lowest BCUT2D eigenvalue weighted by Crippen LogP contribution is -2.14. The third-order valence-corrected chi connectivity index (χ3v) is 3.02. The van der Waals surface area contributed by atoms with Crippen molar-refractivity contribution in [3.63, 3.8) is 0 Å². The van der Waals surface area contributed by atoms with Crippen molar-refractivity contribution in [3.05, 3.63) is 41.8 Å². The molecule has 1 aromatic carbocycles. The number of carbonyl (C=O) groups excluding carboxylic acids is 1. The van der Waals surface area contributed by atoms with Gasteiger partial charge in [0.25, 0.3) is 0 Å². The molecular formula is C13H13NO2. The van der Waals surface area contributed by atoms with E-state index >= 15 is 0 Å². The van der Waals surface area contributed by atoms with Crippen molar-refractivity contribution in [3.8, 4) is 5.75 Å². The van der Waals surface area contributed by atoms with Gasteiger partial charge in [-0.15, -0.1) is 0 Å². The third kappa shape index (κ3) is 1.48. The fraction of sp³-hybridized carbons (Fsp3) is 0.308. The molecule has 0 atom stereocenters. The Hall–Kier alpha value is -1.77. The monoisotopic (exact) mass is 215 g/mol. The summed E-state index contributed by atoms with van der Waals surface area (Å²) in [4.78, 5) is 14.1. The Labute approximate surface area is 94.3 Å². The summed E-state index contributed by atoms with van der Waals surface area (Å²) in [6.07, 6.45) is 4.26. The highest BCUT2D eigenvalue weighted by atomic mass is 16.5. The van der Waals surface area contributed by atoms with E-state index in [0.29, 0.717) is 17.1 Å². The van der Waals surface area contributed by atoms with E-state index in [1.807, 2.05) is 30.5 Å². The fourth-order valence-corrected chi connectivity index (χ4v) is 2.16. The van der Waals surface area contributed by atoms with Gasteiger partial charge in [-0.2, -0.15) is 0 Å². The molecule has 0 bridgehead atoms. The molecule has 0 unspecified atom stereocenters. The Bertz CT molecular complexity index is 459. The number of hydrogen-bond donors (Lipinski definition) is 0. The highest BCUT2D eigenvalue weighted by molar-refractivity contribution is 6.12. The molecular weight excluding hydrogens is 202 g/mol. The Morgan fingerprint density at radius 3 is 2.69 bits per heavy atom. The Balaban J connectivity index is 1.89. The minimum atomic E-state index is 0.00231. The van der Waals surface area contributed by atoms with Crippen molar-refractivity contribution in [2.24, 2.45) is 0 Å². The van der Waals surface area contributed by atoms with Gasteiger partial charge in [-0.25, -0.2) is 0 Å². The van der Waals surface area contributed by atoms with Crippen LogP contribution in [0.2, 0.25) is 0 Å². The number of para-hydroxylation sites is 1. The minimum Gasteiger partial charge on any atom is -0.451 e. The highest BCUT2D eigenvalue weighted by Gasteiger charge is 2.27. The maximum atomic E-state index is 12.0. The van der Waals surface area contributed by atoms with Gasteiger partial charge in [0.1, 0.15) is 5.75 Å². The summed E-state index contributed by atoms with van der Waals surface area (Å²) in [6.45, 7) is 2.05. The number of likely N-dealkylation sites (tertiary alicyclic amines) is 1. The zero-order valence-electron chi connectivity index (χ0n) is 8.98. The summed E-state index contributed by atoms with van der Waals surface area (Å²) >= 11 is 0. The van der Waals surface area contributed by atoms with Gasteiger partial charge in [0, 0.05) is 19.3 Å². The lowest BCUT2D eigenvalue weighted by molar-refractivity contribution is 0.101. The van der Waals surface area contributed by atoms with Gasteiger partial charge in [0.2, 0.25) is 5.78 Å². The summed E-state index contributed by atoms with van der Waals surface area (Å²) < 4.78 is 5.55. The number of hydrogen-bond acceptors (Lipinski definition) is 3. The average molecular weight is 215 g/mol. The minimum absolute atomic E-state index is 0.00231. The van der Waals surface area contributed by atoms with Crippen molar-refractivity contribution in [2.45, 2.75) is 12.8 Å². The summed E-state index contributed by atoms with van der Waals surface area (Å²) in [5.41, 5.74) is 0.674. The molecule has 3 heteroatoms. The van der Waals surface area contributed by atoms with Crippen LogP contribution in [0, 0.1) is 0 Å². The predicted molar refractivity (Wildman–Crippen MR) is 60.3 cm³/mol. The Kier molecular flexibility index (Phi) is 2.17. The van der Waals surface area contributed by atoms with Gasteiger partial charge < -0.3 is 9.64 Å². The van der Waals surface area contributed by atoms with Crippen LogP contribution >= 0.6 is 0 Å². The second-order valence-electron chi connectivity index (χ2n) is 4.16. The molecule has 0 aromatic heterocycles. The van der Waals surface area contributed by atoms with Gasteiger partial charge in [0.15, 0.2) is 5.76 Å². The molecule has 82 valence electrons. The molecule has 0 N–H and O–H groups in total. The molecule has 1 fully saturated rings. The normalized spacial score (nSPS) is 21.4. The van der Waals surface area contributed by atoms with Crippen LogP contribution in [0.5, 0.6) is 5.75 Å². The van der Waals surface area contributed by atoms with Crippen molar-refractivity contribution < 1.29 is 9.53 Å². The van der Waals surface area contributed by atoms with Gasteiger partial charge in [-0.05, 0) is 25.0 Å². The first kappa shape index (κ1) is 9.46. The van der Waals surface area contributed by atoms with Crippen LogP contribution in [0.3, 0.4) is 0 Å². The van der Waals surface area contributed by atoms with Crippen LogP contribution in [0.1, 0.15) is 23.2 Å². The average Bonchev–Trinajstić information content (AvgIpc) is 2.90. The maximum Gasteiger partial charge on any atom is 0.233 e. The number of benzene rings is 1. The number of ketones is 1. The number of fused-ring (bicyclic) bond motifs is 1. The number of allylic oxidation sites excluding steroid dienone is 1. The predicted octanol–water partition coefficient (Wildman–Crippen LogP) is 2.20. The maximum absolute atomic E-state index is 12.0. The first-order valence-corrected chi connectivity index (χ1v) is 5.62. The smallest absolute Gasteiger partial charge is 0.233 e. The summed E-state index contributed by atoms with van der Waals surface area (Å²) in [6, 6.07) is 7.38. The van der Waals surface area contributed by atoms with E-state index in [1.165, 1.54) is 12.8 Å². The largest absolute Gasteiger partial charge is 0.451 e. The SMILES string of the molecule is O=C1/C(=C/N2CCCC2)Oc2ccccc21. The number of rotatable bonds is 1. The van der Waals surface area contributed by atoms with Gasteiger partial charge in [0.05, 0.1) is 5.56 Å². The molecule has 2 aliphatic heterocycles. The highest BCUT2D eigenvalue weighted by Crippen LogP contribution is 2.30. The van der Waals surface area contributed by atoms with Crippen LogP contribution in [0.4, 0.5) is 0 Å². The van der Waals surface area contributed by atoms with E-state index in [2.05, 4.69) is 4.90 Å². The van der Waals surface area contributed by atoms with E-state index in [0.717, 1.165) is 13.1 Å². The van der Waals surface area contributed by atoms with Crippen LogP contribution in [0.15, 0.2) is 36.2 Å². The van der Waals surface area contributed by atoms with E-state index in [-0.39, 0.29) is 5.78 Å². The molecule has 0 spiro atoms. The first-order chi connectivity index (χ1) is 7.84. The number of Topliss-reactive ketones (excluding diaryl/α,β-unsaturated/α-hetero) is 1. The standard InChI is InChI=1S/C13H13NO2/c15-13-10-5-1-2-6-11(10)16-12(13)9-14-7-3-4-8-14/h1-2,5-6,9H,3-4,7-8H2/b12-9-. The van der Waals surface area contributed by atoms with Crippen molar-refractivity contribution in [1.82, 2.24) is 4.90 Å². The lowest BCUT2D eigenvalue weighted by Gasteiger charge is -2.11. The van der Waals surface area contributed by atoms with Crippen LogP contribution in [-0.4, -0.2) is 23.8 Å². The van der Waals surface area contributed by atoms with Gasteiger partial charge >= 0.3 is 0 Å². The van der Waals surface area contributed by atoms with Gasteiger partial charge in [-0.3, -0.25) is 4.79 Å². The lowest BCUT2D eigenvalue weighted by atomic mass is 10.1. The van der Waals surface area contributed by atoms with Crippen molar-refractivity contribution >= 4 is 5.78 Å².